The fraction of sp³-hybridized carbons (Fsp3) is 0.409. The number of nitrogens with zero attached hydrogens (tertiary/aromatic N) is 4. The van der Waals surface area contributed by atoms with Crippen molar-refractivity contribution < 1.29 is 22.1 Å². The summed E-state index contributed by atoms with van der Waals surface area (Å²) < 4.78 is 46.7. The van der Waals surface area contributed by atoms with Crippen molar-refractivity contribution in [2.75, 3.05) is 19.6 Å². The highest BCUT2D eigenvalue weighted by molar-refractivity contribution is 7.91. The Kier molecular flexibility index (Phi) is 6.02. The SMILES string of the molecule is O=C(C1CCCN1S(=O)(=O)c1cccs1)N1CCCC(c2nc(-c3cccc(F)c3)no2)C1. The van der Waals surface area contributed by atoms with Crippen molar-refractivity contribution >= 4 is 27.3 Å². The molecule has 174 valence electrons. The molecule has 11 heteroatoms. The van der Waals surface area contributed by atoms with Gasteiger partial charge in [0.25, 0.3) is 10.0 Å². The van der Waals surface area contributed by atoms with Crippen LogP contribution in [0.25, 0.3) is 11.4 Å². The van der Waals surface area contributed by atoms with Gasteiger partial charge < -0.3 is 9.42 Å². The normalized spacial score (nSPS) is 22.0. The number of benzene rings is 1. The van der Waals surface area contributed by atoms with Gasteiger partial charge >= 0.3 is 0 Å². The van der Waals surface area contributed by atoms with Crippen LogP contribution < -0.4 is 0 Å². The Morgan fingerprint density at radius 3 is 2.79 bits per heavy atom. The minimum atomic E-state index is -3.69. The molecule has 1 aromatic carbocycles. The molecule has 2 aromatic heterocycles. The van der Waals surface area contributed by atoms with Crippen LogP contribution in [-0.4, -0.2) is 59.3 Å². The molecule has 0 spiro atoms. The molecule has 2 unspecified atom stereocenters. The maximum atomic E-state index is 13.5. The van der Waals surface area contributed by atoms with Gasteiger partial charge in [-0.15, -0.1) is 11.3 Å². The summed E-state index contributed by atoms with van der Waals surface area (Å²) in [4.78, 5) is 19.5. The van der Waals surface area contributed by atoms with Crippen LogP contribution in [0.3, 0.4) is 0 Å². The van der Waals surface area contributed by atoms with Crippen molar-refractivity contribution in [1.29, 1.82) is 0 Å². The van der Waals surface area contributed by atoms with Gasteiger partial charge in [-0.05, 0) is 49.3 Å². The third-order valence-corrected chi connectivity index (χ3v) is 9.43. The maximum Gasteiger partial charge on any atom is 0.253 e. The van der Waals surface area contributed by atoms with Crippen molar-refractivity contribution in [1.82, 2.24) is 19.3 Å². The molecule has 3 aromatic rings. The fourth-order valence-electron chi connectivity index (χ4n) is 4.54. The summed E-state index contributed by atoms with van der Waals surface area (Å²) in [6.45, 7) is 1.28. The molecule has 2 aliphatic heterocycles. The third kappa shape index (κ3) is 4.32. The van der Waals surface area contributed by atoms with E-state index in [4.69, 9.17) is 4.52 Å². The second kappa shape index (κ2) is 8.96. The van der Waals surface area contributed by atoms with Gasteiger partial charge in [-0.1, -0.05) is 23.4 Å². The van der Waals surface area contributed by atoms with E-state index in [9.17, 15) is 17.6 Å². The molecule has 5 rings (SSSR count). The van der Waals surface area contributed by atoms with E-state index in [0.29, 0.717) is 49.8 Å². The number of carbonyl (C=O) groups excluding carboxylic acids is 1. The van der Waals surface area contributed by atoms with Gasteiger partial charge in [0.2, 0.25) is 17.6 Å². The molecule has 0 radical (unpaired) electrons. The van der Waals surface area contributed by atoms with Crippen LogP contribution >= 0.6 is 11.3 Å². The zero-order chi connectivity index (χ0) is 23.0. The number of sulfonamides is 1. The van der Waals surface area contributed by atoms with Crippen LogP contribution in [-0.2, 0) is 14.8 Å². The van der Waals surface area contributed by atoms with Gasteiger partial charge in [-0.25, -0.2) is 12.8 Å². The lowest BCUT2D eigenvalue weighted by Gasteiger charge is -2.34. The van der Waals surface area contributed by atoms with Crippen LogP contribution in [0.2, 0.25) is 0 Å². The molecule has 2 atom stereocenters. The molecule has 2 aliphatic rings. The summed E-state index contributed by atoms with van der Waals surface area (Å²) in [5.41, 5.74) is 0.522. The van der Waals surface area contributed by atoms with E-state index in [1.807, 2.05) is 0 Å². The Morgan fingerprint density at radius 1 is 1.15 bits per heavy atom. The molecular formula is C22H23FN4O4S2. The van der Waals surface area contributed by atoms with E-state index in [1.54, 1.807) is 34.5 Å². The molecule has 2 saturated heterocycles. The number of piperidine rings is 1. The van der Waals surface area contributed by atoms with E-state index in [1.165, 1.54) is 16.4 Å². The van der Waals surface area contributed by atoms with E-state index in [0.717, 1.165) is 24.2 Å². The molecule has 0 aliphatic carbocycles. The summed E-state index contributed by atoms with van der Waals surface area (Å²) >= 11 is 1.16. The van der Waals surface area contributed by atoms with Gasteiger partial charge in [0, 0.05) is 25.2 Å². The molecule has 1 amide bonds. The smallest absolute Gasteiger partial charge is 0.253 e. The predicted molar refractivity (Wildman–Crippen MR) is 119 cm³/mol. The first kappa shape index (κ1) is 22.2. The molecule has 0 bridgehead atoms. The van der Waals surface area contributed by atoms with E-state index in [2.05, 4.69) is 10.1 Å². The first-order valence-corrected chi connectivity index (χ1v) is 13.2. The first-order chi connectivity index (χ1) is 15.9. The molecular weight excluding hydrogens is 467 g/mol. The number of aromatic nitrogens is 2. The third-order valence-electron chi connectivity index (χ3n) is 6.15. The Bertz CT molecular complexity index is 1240. The lowest BCUT2D eigenvalue weighted by Crippen LogP contribution is -2.50. The number of carbonyl (C=O) groups is 1. The van der Waals surface area contributed by atoms with Crippen molar-refractivity contribution in [2.45, 2.75) is 41.9 Å². The van der Waals surface area contributed by atoms with Gasteiger partial charge in [-0.2, -0.15) is 9.29 Å². The topological polar surface area (TPSA) is 96.6 Å². The van der Waals surface area contributed by atoms with Crippen molar-refractivity contribution in [3.05, 3.63) is 53.5 Å². The van der Waals surface area contributed by atoms with Crippen molar-refractivity contribution in [3.8, 4) is 11.4 Å². The average molecular weight is 491 g/mol. The quantitative estimate of drug-likeness (QED) is 0.543. The van der Waals surface area contributed by atoms with Crippen LogP contribution in [0, 0.1) is 5.82 Å². The zero-order valence-electron chi connectivity index (χ0n) is 17.8. The van der Waals surface area contributed by atoms with Gasteiger partial charge in [0.05, 0.1) is 5.92 Å². The summed E-state index contributed by atoms with van der Waals surface area (Å²) in [6, 6.07) is 8.55. The number of hydrogen-bond donors (Lipinski definition) is 0. The number of hydrogen-bond acceptors (Lipinski definition) is 7. The standard InChI is InChI=1S/C22H23FN4O4S2/c23-17-7-1-5-15(13-17)20-24-21(31-25-20)16-6-2-10-26(14-16)22(28)18-8-3-11-27(18)33(29,30)19-9-4-12-32-19/h1,4-5,7,9,12-13,16,18H,2-3,6,8,10-11,14H2. The van der Waals surface area contributed by atoms with Crippen LogP contribution in [0.15, 0.2) is 50.5 Å². The summed E-state index contributed by atoms with van der Waals surface area (Å²) in [6.07, 6.45) is 2.68. The minimum absolute atomic E-state index is 0.152. The number of thiophene rings is 1. The van der Waals surface area contributed by atoms with E-state index < -0.39 is 16.1 Å². The van der Waals surface area contributed by atoms with Crippen LogP contribution in [0.5, 0.6) is 0 Å². The van der Waals surface area contributed by atoms with Gasteiger partial charge in [0.1, 0.15) is 16.1 Å². The largest absolute Gasteiger partial charge is 0.341 e. The lowest BCUT2D eigenvalue weighted by atomic mass is 9.97. The van der Waals surface area contributed by atoms with Gasteiger partial charge in [0.15, 0.2) is 0 Å². The molecule has 0 N–H and O–H groups in total. The highest BCUT2D eigenvalue weighted by Gasteiger charge is 2.42. The molecule has 8 nitrogen and oxygen atoms in total. The zero-order valence-corrected chi connectivity index (χ0v) is 19.4. The molecule has 0 saturated carbocycles. The molecule has 2 fully saturated rings. The number of halogens is 1. The Balaban J connectivity index is 1.31. The average Bonchev–Trinajstić information content (AvgIpc) is 3.60. The highest BCUT2D eigenvalue weighted by atomic mass is 32.2. The summed E-state index contributed by atoms with van der Waals surface area (Å²) in [7, 11) is -3.69. The lowest BCUT2D eigenvalue weighted by molar-refractivity contribution is -0.136. The Morgan fingerprint density at radius 2 is 2.00 bits per heavy atom. The second-order valence-electron chi connectivity index (χ2n) is 8.30. The molecule has 33 heavy (non-hydrogen) atoms. The highest BCUT2D eigenvalue weighted by Crippen LogP contribution is 2.32. The van der Waals surface area contributed by atoms with Crippen LogP contribution in [0.4, 0.5) is 4.39 Å². The minimum Gasteiger partial charge on any atom is -0.341 e. The summed E-state index contributed by atoms with van der Waals surface area (Å²) in [5.74, 6) is -0.00595. The predicted octanol–water partition coefficient (Wildman–Crippen LogP) is 3.50. The number of amides is 1. The first-order valence-electron chi connectivity index (χ1n) is 10.9. The maximum absolute atomic E-state index is 13.5. The summed E-state index contributed by atoms with van der Waals surface area (Å²) in [5, 5.41) is 5.70. The second-order valence-corrected chi connectivity index (χ2v) is 11.4. The van der Waals surface area contributed by atoms with Crippen LogP contribution in [0.1, 0.15) is 37.5 Å². The number of likely N-dealkylation sites (tertiary alicyclic amines) is 1. The van der Waals surface area contributed by atoms with E-state index >= 15 is 0 Å². The van der Waals surface area contributed by atoms with Gasteiger partial charge in [-0.3, -0.25) is 4.79 Å². The Labute approximate surface area is 195 Å². The van der Waals surface area contributed by atoms with Crippen molar-refractivity contribution in [3.63, 3.8) is 0 Å². The fourth-order valence-corrected chi connectivity index (χ4v) is 7.31. The van der Waals surface area contributed by atoms with Crippen molar-refractivity contribution in [2.24, 2.45) is 0 Å². The molecule has 4 heterocycles. The number of rotatable bonds is 5. The Hall–Kier alpha value is -2.63. The monoisotopic (exact) mass is 490 g/mol. The van der Waals surface area contributed by atoms with E-state index in [-0.39, 0.29) is 21.9 Å².